The third-order valence-electron chi connectivity index (χ3n) is 1.96. The van der Waals surface area contributed by atoms with Gasteiger partial charge in [-0.3, -0.25) is 5.41 Å². The van der Waals surface area contributed by atoms with Crippen LogP contribution in [-0.2, 0) is 9.47 Å². The fourth-order valence-electron chi connectivity index (χ4n) is 1.29. The van der Waals surface area contributed by atoms with Gasteiger partial charge in [0.1, 0.15) is 0 Å². The first kappa shape index (κ1) is 12.2. The zero-order chi connectivity index (χ0) is 12.0. The van der Waals surface area contributed by atoms with Crippen molar-refractivity contribution in [3.05, 3.63) is 35.4 Å². The van der Waals surface area contributed by atoms with Crippen molar-refractivity contribution in [1.29, 1.82) is 5.41 Å². The van der Waals surface area contributed by atoms with Crippen molar-refractivity contribution >= 4 is 11.9 Å². The minimum Gasteiger partial charge on any atom is -0.478 e. The highest BCUT2D eigenvalue weighted by atomic mass is 16.5. The van der Waals surface area contributed by atoms with Crippen molar-refractivity contribution < 1.29 is 14.3 Å². The second-order valence-electron chi connectivity index (χ2n) is 3.03. The molecule has 0 aliphatic heterocycles. The highest BCUT2D eigenvalue weighted by Crippen LogP contribution is 2.11. The molecule has 0 amide bonds. The van der Waals surface area contributed by atoms with E-state index < -0.39 is 5.97 Å². The monoisotopic (exact) mass is 221 g/mol. The SMILES string of the molecule is CCOC(=N)c1ccccc1C(=O)OCC. The van der Waals surface area contributed by atoms with Crippen LogP contribution in [0.1, 0.15) is 29.8 Å². The standard InChI is InChI=1S/C12H15NO3/c1-3-15-11(13)9-7-5-6-8-10(9)12(14)16-4-2/h5-8,13H,3-4H2,1-2H3. The number of nitrogens with one attached hydrogen (secondary N) is 1. The summed E-state index contributed by atoms with van der Waals surface area (Å²) in [6.45, 7) is 4.25. The molecule has 4 heteroatoms. The van der Waals surface area contributed by atoms with Crippen LogP contribution in [0.5, 0.6) is 0 Å². The Morgan fingerprint density at radius 1 is 1.12 bits per heavy atom. The van der Waals surface area contributed by atoms with Crippen molar-refractivity contribution in [2.24, 2.45) is 0 Å². The molecule has 0 radical (unpaired) electrons. The summed E-state index contributed by atoms with van der Waals surface area (Å²) in [4.78, 5) is 11.6. The van der Waals surface area contributed by atoms with Crippen LogP contribution in [0.25, 0.3) is 0 Å². The molecular weight excluding hydrogens is 206 g/mol. The lowest BCUT2D eigenvalue weighted by molar-refractivity contribution is 0.0525. The fraction of sp³-hybridized carbons (Fsp3) is 0.333. The molecule has 0 fully saturated rings. The molecule has 1 N–H and O–H groups in total. The summed E-state index contributed by atoms with van der Waals surface area (Å²) in [5.41, 5.74) is 0.825. The van der Waals surface area contributed by atoms with Crippen molar-refractivity contribution in [2.45, 2.75) is 13.8 Å². The normalized spacial score (nSPS) is 9.62. The Morgan fingerprint density at radius 2 is 1.69 bits per heavy atom. The molecule has 0 aromatic heterocycles. The highest BCUT2D eigenvalue weighted by Gasteiger charge is 2.15. The summed E-state index contributed by atoms with van der Waals surface area (Å²) >= 11 is 0. The second kappa shape index (κ2) is 5.90. The van der Waals surface area contributed by atoms with Crippen LogP contribution >= 0.6 is 0 Å². The number of hydrogen-bond donors (Lipinski definition) is 1. The van der Waals surface area contributed by atoms with Crippen LogP contribution in [0.3, 0.4) is 0 Å². The Balaban J connectivity index is 3.00. The molecule has 1 rings (SSSR count). The van der Waals surface area contributed by atoms with Gasteiger partial charge in [0.15, 0.2) is 0 Å². The molecule has 4 nitrogen and oxygen atoms in total. The van der Waals surface area contributed by atoms with Gasteiger partial charge in [0, 0.05) is 0 Å². The molecular formula is C12H15NO3. The predicted octanol–water partition coefficient (Wildman–Crippen LogP) is 2.23. The molecule has 0 unspecified atom stereocenters. The number of esters is 1. The van der Waals surface area contributed by atoms with E-state index in [-0.39, 0.29) is 5.90 Å². The molecule has 16 heavy (non-hydrogen) atoms. The summed E-state index contributed by atoms with van der Waals surface area (Å²) in [5.74, 6) is -0.436. The summed E-state index contributed by atoms with van der Waals surface area (Å²) in [6, 6.07) is 6.78. The molecule has 0 bridgehead atoms. The fourth-order valence-corrected chi connectivity index (χ4v) is 1.29. The molecule has 0 heterocycles. The van der Waals surface area contributed by atoms with E-state index in [4.69, 9.17) is 14.9 Å². The molecule has 1 aromatic rings. The summed E-state index contributed by atoms with van der Waals surface area (Å²) in [5, 5.41) is 7.67. The average molecular weight is 221 g/mol. The van der Waals surface area contributed by atoms with Crippen LogP contribution in [0.4, 0.5) is 0 Å². The van der Waals surface area contributed by atoms with Crippen molar-refractivity contribution in [2.75, 3.05) is 13.2 Å². The van der Waals surface area contributed by atoms with Gasteiger partial charge in [0.05, 0.1) is 24.3 Å². The Hall–Kier alpha value is -1.84. The van der Waals surface area contributed by atoms with Gasteiger partial charge < -0.3 is 9.47 Å². The summed E-state index contributed by atoms with van der Waals surface area (Å²) in [6.07, 6.45) is 0. The minimum atomic E-state index is -0.428. The van der Waals surface area contributed by atoms with Crippen molar-refractivity contribution in [3.8, 4) is 0 Å². The first-order chi connectivity index (χ1) is 7.70. The van der Waals surface area contributed by atoms with E-state index in [9.17, 15) is 4.79 Å². The van der Waals surface area contributed by atoms with E-state index in [1.807, 2.05) is 0 Å². The van der Waals surface area contributed by atoms with Crippen LogP contribution in [0.2, 0.25) is 0 Å². The Kier molecular flexibility index (Phi) is 4.51. The molecule has 1 aromatic carbocycles. The van der Waals surface area contributed by atoms with E-state index in [0.717, 1.165) is 0 Å². The molecule has 0 aliphatic rings. The van der Waals surface area contributed by atoms with Gasteiger partial charge in [0.2, 0.25) is 5.90 Å². The first-order valence-corrected chi connectivity index (χ1v) is 5.18. The second-order valence-corrected chi connectivity index (χ2v) is 3.03. The molecule has 86 valence electrons. The lowest BCUT2D eigenvalue weighted by atomic mass is 10.1. The average Bonchev–Trinajstić information content (AvgIpc) is 2.30. The Morgan fingerprint density at radius 3 is 2.25 bits per heavy atom. The van der Waals surface area contributed by atoms with Gasteiger partial charge >= 0.3 is 5.97 Å². The number of benzene rings is 1. The van der Waals surface area contributed by atoms with E-state index in [1.165, 1.54) is 0 Å². The zero-order valence-electron chi connectivity index (χ0n) is 9.45. The van der Waals surface area contributed by atoms with Gasteiger partial charge in [-0.15, -0.1) is 0 Å². The van der Waals surface area contributed by atoms with Crippen LogP contribution in [0, 0.1) is 5.41 Å². The maximum Gasteiger partial charge on any atom is 0.338 e. The van der Waals surface area contributed by atoms with Crippen LogP contribution in [0.15, 0.2) is 24.3 Å². The van der Waals surface area contributed by atoms with Gasteiger partial charge in [0.25, 0.3) is 0 Å². The Labute approximate surface area is 94.7 Å². The van der Waals surface area contributed by atoms with E-state index >= 15 is 0 Å². The molecule has 0 spiro atoms. The summed E-state index contributed by atoms with van der Waals surface area (Å²) < 4.78 is 9.98. The lowest BCUT2D eigenvalue weighted by Crippen LogP contribution is -2.13. The number of carbonyl (C=O) groups excluding carboxylic acids is 1. The Bertz CT molecular complexity index is 351. The zero-order valence-corrected chi connectivity index (χ0v) is 9.45. The maximum absolute atomic E-state index is 11.6. The number of ether oxygens (including phenoxy) is 2. The van der Waals surface area contributed by atoms with E-state index in [2.05, 4.69) is 0 Å². The first-order valence-electron chi connectivity index (χ1n) is 5.18. The van der Waals surface area contributed by atoms with Gasteiger partial charge in [-0.25, -0.2) is 4.79 Å². The van der Waals surface area contributed by atoms with E-state index in [1.54, 1.807) is 38.1 Å². The number of hydrogen-bond acceptors (Lipinski definition) is 4. The van der Waals surface area contributed by atoms with E-state index in [0.29, 0.717) is 24.3 Å². The minimum absolute atomic E-state index is 0.00819. The molecule has 0 saturated carbocycles. The topological polar surface area (TPSA) is 59.4 Å². The lowest BCUT2D eigenvalue weighted by Gasteiger charge is -2.09. The molecule has 0 saturated heterocycles. The molecule has 0 atom stereocenters. The van der Waals surface area contributed by atoms with Gasteiger partial charge in [-0.2, -0.15) is 0 Å². The number of carbonyl (C=O) groups is 1. The quantitative estimate of drug-likeness (QED) is 0.482. The van der Waals surface area contributed by atoms with Crippen molar-refractivity contribution in [1.82, 2.24) is 0 Å². The molecule has 0 aliphatic carbocycles. The van der Waals surface area contributed by atoms with Gasteiger partial charge in [-0.1, -0.05) is 12.1 Å². The van der Waals surface area contributed by atoms with Crippen LogP contribution in [-0.4, -0.2) is 25.1 Å². The summed E-state index contributed by atoms with van der Waals surface area (Å²) in [7, 11) is 0. The maximum atomic E-state index is 11.6. The van der Waals surface area contributed by atoms with Gasteiger partial charge in [-0.05, 0) is 26.0 Å². The third-order valence-corrected chi connectivity index (χ3v) is 1.96. The van der Waals surface area contributed by atoms with Crippen molar-refractivity contribution in [3.63, 3.8) is 0 Å². The largest absolute Gasteiger partial charge is 0.478 e. The highest BCUT2D eigenvalue weighted by molar-refractivity contribution is 6.04. The predicted molar refractivity (Wildman–Crippen MR) is 60.9 cm³/mol. The third kappa shape index (κ3) is 2.82. The smallest absolute Gasteiger partial charge is 0.338 e. The number of rotatable bonds is 4. The van der Waals surface area contributed by atoms with Crippen LogP contribution < -0.4 is 0 Å².